The highest BCUT2D eigenvalue weighted by molar-refractivity contribution is 5.85. The average molecular weight is 285 g/mol. The first-order valence-corrected chi connectivity index (χ1v) is 6.16. The zero-order chi connectivity index (χ0) is 15.3. The van der Waals surface area contributed by atoms with Crippen molar-refractivity contribution >= 4 is 11.9 Å². The van der Waals surface area contributed by atoms with Gasteiger partial charge in [-0.3, -0.25) is 4.79 Å². The minimum absolute atomic E-state index is 0.0660. The van der Waals surface area contributed by atoms with Crippen molar-refractivity contribution in [1.82, 2.24) is 5.32 Å². The van der Waals surface area contributed by atoms with Crippen molar-refractivity contribution in [2.75, 3.05) is 7.11 Å². The summed E-state index contributed by atoms with van der Waals surface area (Å²) in [5.74, 6) is -2.75. The predicted octanol–water partition coefficient (Wildman–Crippen LogP) is 1.82. The molecular formula is C14H17F2NO3. The molecule has 1 atom stereocenters. The third kappa shape index (κ3) is 4.29. The standard InChI is InChI=1S/C14H17F2NO3/c1-8(2)13(14(19)20-3)17-12(18)6-9-4-5-10(15)7-11(9)16/h4-5,7-8,13H,6H2,1-3H3,(H,17,18)/t13-/m0/s1. The van der Waals surface area contributed by atoms with E-state index in [9.17, 15) is 18.4 Å². The molecule has 0 aliphatic rings. The fourth-order valence-corrected chi connectivity index (χ4v) is 1.69. The van der Waals surface area contributed by atoms with Gasteiger partial charge in [-0.2, -0.15) is 0 Å². The molecule has 1 N–H and O–H groups in total. The lowest BCUT2D eigenvalue weighted by Gasteiger charge is -2.19. The predicted molar refractivity (Wildman–Crippen MR) is 68.8 cm³/mol. The minimum Gasteiger partial charge on any atom is -0.467 e. The molecule has 0 spiro atoms. The smallest absolute Gasteiger partial charge is 0.328 e. The Hall–Kier alpha value is -1.98. The lowest BCUT2D eigenvalue weighted by molar-refractivity contribution is -0.146. The first kappa shape index (κ1) is 16.1. The maximum absolute atomic E-state index is 13.4. The molecule has 110 valence electrons. The van der Waals surface area contributed by atoms with Gasteiger partial charge in [0, 0.05) is 6.07 Å². The van der Waals surface area contributed by atoms with Crippen LogP contribution in [0.15, 0.2) is 18.2 Å². The molecule has 0 aromatic heterocycles. The number of benzene rings is 1. The van der Waals surface area contributed by atoms with E-state index < -0.39 is 29.6 Å². The SMILES string of the molecule is COC(=O)[C@@H](NC(=O)Cc1ccc(F)cc1F)C(C)C. The Kier molecular flexibility index (Phi) is 5.61. The maximum Gasteiger partial charge on any atom is 0.328 e. The summed E-state index contributed by atoms with van der Waals surface area (Å²) in [6.45, 7) is 3.50. The van der Waals surface area contributed by atoms with Crippen molar-refractivity contribution in [2.45, 2.75) is 26.3 Å². The van der Waals surface area contributed by atoms with Crippen LogP contribution in [0.5, 0.6) is 0 Å². The van der Waals surface area contributed by atoms with Crippen molar-refractivity contribution in [3.05, 3.63) is 35.4 Å². The van der Waals surface area contributed by atoms with E-state index in [-0.39, 0.29) is 17.9 Å². The van der Waals surface area contributed by atoms with Crippen molar-refractivity contribution < 1.29 is 23.1 Å². The Morgan fingerprint density at radius 3 is 2.45 bits per heavy atom. The van der Waals surface area contributed by atoms with Crippen LogP contribution in [-0.2, 0) is 20.7 Å². The Bertz CT molecular complexity index is 503. The molecule has 0 aliphatic heterocycles. The van der Waals surface area contributed by atoms with Gasteiger partial charge < -0.3 is 10.1 Å². The maximum atomic E-state index is 13.4. The monoisotopic (exact) mass is 285 g/mol. The number of esters is 1. The van der Waals surface area contributed by atoms with Crippen LogP contribution in [0.25, 0.3) is 0 Å². The number of methoxy groups -OCH3 is 1. The van der Waals surface area contributed by atoms with Gasteiger partial charge >= 0.3 is 5.97 Å². The zero-order valence-electron chi connectivity index (χ0n) is 11.6. The molecule has 4 nitrogen and oxygen atoms in total. The minimum atomic E-state index is -0.795. The Morgan fingerprint density at radius 2 is 1.95 bits per heavy atom. The van der Waals surface area contributed by atoms with Gasteiger partial charge in [-0.1, -0.05) is 19.9 Å². The van der Waals surface area contributed by atoms with Crippen LogP contribution in [0.3, 0.4) is 0 Å². The number of nitrogens with one attached hydrogen (secondary N) is 1. The molecule has 0 saturated carbocycles. The van der Waals surface area contributed by atoms with E-state index in [1.165, 1.54) is 13.2 Å². The summed E-state index contributed by atoms with van der Waals surface area (Å²) in [4.78, 5) is 23.3. The first-order chi connectivity index (χ1) is 9.35. The fourth-order valence-electron chi connectivity index (χ4n) is 1.69. The summed E-state index contributed by atoms with van der Waals surface area (Å²) < 4.78 is 30.8. The molecule has 0 saturated heterocycles. The van der Waals surface area contributed by atoms with E-state index in [4.69, 9.17) is 0 Å². The van der Waals surface area contributed by atoms with Gasteiger partial charge in [-0.05, 0) is 17.5 Å². The van der Waals surface area contributed by atoms with Gasteiger partial charge in [0.15, 0.2) is 0 Å². The van der Waals surface area contributed by atoms with Crippen LogP contribution >= 0.6 is 0 Å². The molecule has 1 rings (SSSR count). The molecule has 1 aromatic carbocycles. The van der Waals surface area contributed by atoms with Gasteiger partial charge in [0.2, 0.25) is 5.91 Å². The molecule has 1 amide bonds. The third-order valence-electron chi connectivity index (χ3n) is 2.80. The Morgan fingerprint density at radius 1 is 1.30 bits per heavy atom. The normalized spacial score (nSPS) is 12.1. The van der Waals surface area contributed by atoms with Gasteiger partial charge in [-0.15, -0.1) is 0 Å². The lowest BCUT2D eigenvalue weighted by Crippen LogP contribution is -2.45. The molecule has 0 radical (unpaired) electrons. The quantitative estimate of drug-likeness (QED) is 0.840. The molecule has 0 fully saturated rings. The van der Waals surface area contributed by atoms with Gasteiger partial charge in [0.25, 0.3) is 0 Å². The van der Waals surface area contributed by atoms with Gasteiger partial charge in [0.1, 0.15) is 17.7 Å². The van der Waals surface area contributed by atoms with Crippen molar-refractivity contribution in [3.8, 4) is 0 Å². The van der Waals surface area contributed by atoms with Crippen molar-refractivity contribution in [3.63, 3.8) is 0 Å². The number of carbonyl (C=O) groups excluding carboxylic acids is 2. The number of amides is 1. The molecule has 0 bridgehead atoms. The number of hydrogen-bond acceptors (Lipinski definition) is 3. The van der Waals surface area contributed by atoms with E-state index in [1.807, 2.05) is 0 Å². The van der Waals surface area contributed by atoms with Crippen LogP contribution in [0.2, 0.25) is 0 Å². The van der Waals surface area contributed by atoms with Crippen LogP contribution in [0.4, 0.5) is 8.78 Å². The summed E-state index contributed by atoms with van der Waals surface area (Å²) in [7, 11) is 1.23. The fraction of sp³-hybridized carbons (Fsp3) is 0.429. The largest absolute Gasteiger partial charge is 0.467 e. The summed E-state index contributed by atoms with van der Waals surface area (Å²) >= 11 is 0. The summed E-state index contributed by atoms with van der Waals surface area (Å²) in [5.41, 5.74) is 0.0660. The summed E-state index contributed by atoms with van der Waals surface area (Å²) in [6.07, 6.45) is -0.272. The van der Waals surface area contributed by atoms with E-state index in [1.54, 1.807) is 13.8 Å². The average Bonchev–Trinajstić information content (AvgIpc) is 2.38. The summed E-state index contributed by atoms with van der Waals surface area (Å²) in [6, 6.07) is 2.19. The number of carbonyl (C=O) groups is 2. The topological polar surface area (TPSA) is 55.4 Å². The van der Waals surface area contributed by atoms with Crippen molar-refractivity contribution in [1.29, 1.82) is 0 Å². The summed E-state index contributed by atoms with van der Waals surface area (Å²) in [5, 5.41) is 2.48. The number of ether oxygens (including phenoxy) is 1. The Balaban J connectivity index is 2.73. The number of halogens is 2. The number of hydrogen-bond donors (Lipinski definition) is 1. The molecule has 0 aliphatic carbocycles. The van der Waals surface area contributed by atoms with Crippen molar-refractivity contribution in [2.24, 2.45) is 5.92 Å². The zero-order valence-corrected chi connectivity index (χ0v) is 11.6. The van der Waals surface area contributed by atoms with Gasteiger partial charge in [-0.25, -0.2) is 13.6 Å². The Labute approximate surface area is 116 Å². The van der Waals surface area contributed by atoms with Crippen LogP contribution in [0.1, 0.15) is 19.4 Å². The van der Waals surface area contributed by atoms with E-state index in [0.717, 1.165) is 6.07 Å². The molecule has 20 heavy (non-hydrogen) atoms. The van der Waals surface area contributed by atoms with Crippen LogP contribution < -0.4 is 5.32 Å². The molecular weight excluding hydrogens is 268 g/mol. The highest BCUT2D eigenvalue weighted by atomic mass is 19.1. The second kappa shape index (κ2) is 6.98. The second-order valence-corrected chi connectivity index (χ2v) is 4.72. The molecule has 0 heterocycles. The van der Waals surface area contributed by atoms with E-state index in [2.05, 4.69) is 10.1 Å². The third-order valence-corrected chi connectivity index (χ3v) is 2.80. The lowest BCUT2D eigenvalue weighted by atomic mass is 10.0. The van der Waals surface area contributed by atoms with Crippen LogP contribution in [-0.4, -0.2) is 25.0 Å². The van der Waals surface area contributed by atoms with Crippen LogP contribution in [0, 0.1) is 17.6 Å². The molecule has 6 heteroatoms. The van der Waals surface area contributed by atoms with E-state index >= 15 is 0 Å². The highest BCUT2D eigenvalue weighted by Gasteiger charge is 2.25. The molecule has 1 aromatic rings. The van der Waals surface area contributed by atoms with Gasteiger partial charge in [0.05, 0.1) is 13.5 Å². The number of rotatable bonds is 5. The molecule has 0 unspecified atom stereocenters. The van der Waals surface area contributed by atoms with E-state index in [0.29, 0.717) is 6.07 Å². The second-order valence-electron chi connectivity index (χ2n) is 4.72. The first-order valence-electron chi connectivity index (χ1n) is 6.16. The highest BCUT2D eigenvalue weighted by Crippen LogP contribution is 2.11.